The topological polar surface area (TPSA) is 66.3 Å². The molecule has 0 spiro atoms. The molecule has 3 aromatic rings. The molecule has 5 nitrogen and oxygen atoms in total. The number of thiophene rings is 1. The zero-order valence-corrected chi connectivity index (χ0v) is 12.5. The Labute approximate surface area is 126 Å². The van der Waals surface area contributed by atoms with Gasteiger partial charge in [0.15, 0.2) is 0 Å². The van der Waals surface area contributed by atoms with Gasteiger partial charge in [-0.3, -0.25) is 4.55 Å². The van der Waals surface area contributed by atoms with Gasteiger partial charge in [-0.25, -0.2) is 8.51 Å². The van der Waals surface area contributed by atoms with Gasteiger partial charge in [-0.15, -0.1) is 16.4 Å². The average molecular weight is 323 g/mol. The Balaban J connectivity index is 1.99. The van der Waals surface area contributed by atoms with Gasteiger partial charge in [0.05, 0.1) is 10.6 Å². The van der Waals surface area contributed by atoms with Crippen LogP contribution in [0.15, 0.2) is 47.8 Å². The third kappa shape index (κ3) is 2.63. The highest BCUT2D eigenvalue weighted by Crippen LogP contribution is 2.37. The van der Waals surface area contributed by atoms with Crippen LogP contribution in [0.2, 0.25) is 0 Å². The molecule has 0 bridgehead atoms. The van der Waals surface area contributed by atoms with E-state index in [1.165, 1.54) is 27.2 Å². The lowest BCUT2D eigenvalue weighted by molar-refractivity contribution is 0.565. The highest BCUT2D eigenvalue weighted by Gasteiger charge is 2.17. The van der Waals surface area contributed by atoms with E-state index in [9.17, 15) is 8.76 Å². The lowest BCUT2D eigenvalue weighted by atomic mass is 10.3. The molecule has 0 radical (unpaired) electrons. The molecule has 2 heterocycles. The normalized spacial score (nSPS) is 12.2. The van der Waals surface area contributed by atoms with E-state index >= 15 is 0 Å². The van der Waals surface area contributed by atoms with Gasteiger partial charge in [-0.2, -0.15) is 0 Å². The maximum atomic E-state index is 11.6. The van der Waals surface area contributed by atoms with Crippen molar-refractivity contribution >= 4 is 44.8 Å². The molecule has 2 aromatic heterocycles. The molecule has 0 saturated carbocycles. The van der Waals surface area contributed by atoms with Gasteiger partial charge < -0.3 is 0 Å². The lowest BCUT2D eigenvalue weighted by Crippen LogP contribution is -2.17. The number of aromatic nitrogens is 2. The second-order valence-corrected chi connectivity index (χ2v) is 6.29. The standard InChI is InChI=1S/C12H9N3O2S3/c16-20(17)15(9-4-2-1-3-5-9)12-7-6-11(19-12)10-8-18-14-13-10/h1-8H,(H,16,17). The van der Waals surface area contributed by atoms with Crippen LogP contribution in [0.25, 0.3) is 10.6 Å². The molecule has 0 amide bonds. The van der Waals surface area contributed by atoms with E-state index in [-0.39, 0.29) is 0 Å². The summed E-state index contributed by atoms with van der Waals surface area (Å²) in [5.74, 6) is 0. The quantitative estimate of drug-likeness (QED) is 0.746. The maximum absolute atomic E-state index is 11.6. The van der Waals surface area contributed by atoms with Crippen LogP contribution in [0.1, 0.15) is 0 Å². The number of benzene rings is 1. The summed E-state index contributed by atoms with van der Waals surface area (Å²) in [5, 5.41) is 6.53. The first kappa shape index (κ1) is 13.4. The van der Waals surface area contributed by atoms with Crippen molar-refractivity contribution in [2.45, 2.75) is 0 Å². The van der Waals surface area contributed by atoms with Crippen LogP contribution in [0, 0.1) is 0 Å². The Morgan fingerprint density at radius 1 is 1.15 bits per heavy atom. The minimum Gasteiger partial charge on any atom is -0.289 e. The summed E-state index contributed by atoms with van der Waals surface area (Å²) in [5.41, 5.74) is 1.45. The van der Waals surface area contributed by atoms with Crippen LogP contribution in [0.4, 0.5) is 10.7 Å². The summed E-state index contributed by atoms with van der Waals surface area (Å²) in [6.45, 7) is 0. The first-order valence-corrected chi connectivity index (χ1v) is 8.31. The highest BCUT2D eigenvalue weighted by atomic mass is 32.2. The SMILES string of the molecule is O=S(O)N(c1ccccc1)c1ccc(-c2csnn2)s1. The van der Waals surface area contributed by atoms with E-state index < -0.39 is 11.3 Å². The summed E-state index contributed by atoms with van der Waals surface area (Å²) in [6.07, 6.45) is 0. The molecule has 0 aliphatic heterocycles. The number of rotatable bonds is 4. The molecule has 0 saturated heterocycles. The van der Waals surface area contributed by atoms with Crippen molar-refractivity contribution in [1.82, 2.24) is 9.59 Å². The largest absolute Gasteiger partial charge is 0.289 e. The van der Waals surface area contributed by atoms with E-state index in [2.05, 4.69) is 9.59 Å². The van der Waals surface area contributed by atoms with Crippen molar-refractivity contribution in [1.29, 1.82) is 0 Å². The monoisotopic (exact) mass is 323 g/mol. The molecular formula is C12H9N3O2S3. The van der Waals surface area contributed by atoms with Crippen molar-refractivity contribution in [3.05, 3.63) is 47.8 Å². The Morgan fingerprint density at radius 3 is 2.60 bits per heavy atom. The summed E-state index contributed by atoms with van der Waals surface area (Å²) < 4.78 is 26.3. The summed E-state index contributed by atoms with van der Waals surface area (Å²) in [4.78, 5) is 0.917. The Bertz CT molecular complexity index is 713. The van der Waals surface area contributed by atoms with Crippen molar-refractivity contribution in [2.24, 2.45) is 0 Å². The summed E-state index contributed by atoms with van der Waals surface area (Å²) in [7, 11) is 0. The number of hydrogen-bond donors (Lipinski definition) is 1. The molecule has 1 atom stereocenters. The van der Waals surface area contributed by atoms with E-state index in [4.69, 9.17) is 0 Å². The molecule has 0 aliphatic carbocycles. The van der Waals surface area contributed by atoms with Crippen molar-refractivity contribution in [2.75, 3.05) is 4.31 Å². The van der Waals surface area contributed by atoms with Crippen LogP contribution in [-0.4, -0.2) is 18.3 Å². The van der Waals surface area contributed by atoms with Gasteiger partial charge in [0, 0.05) is 5.38 Å². The minimum absolute atomic E-state index is 0.665. The fourth-order valence-electron chi connectivity index (χ4n) is 1.70. The molecule has 102 valence electrons. The van der Waals surface area contributed by atoms with E-state index in [0.717, 1.165) is 10.6 Å². The van der Waals surface area contributed by atoms with Gasteiger partial charge in [0.25, 0.3) is 11.3 Å². The molecule has 1 aromatic carbocycles. The molecular weight excluding hydrogens is 314 g/mol. The van der Waals surface area contributed by atoms with Gasteiger partial charge in [-0.1, -0.05) is 22.7 Å². The Hall–Kier alpha value is -1.61. The number of para-hydroxylation sites is 1. The number of hydrogen-bond acceptors (Lipinski definition) is 5. The van der Waals surface area contributed by atoms with Crippen molar-refractivity contribution in [3.63, 3.8) is 0 Å². The summed E-state index contributed by atoms with van der Waals surface area (Å²) >= 11 is 0.548. The smallest absolute Gasteiger partial charge is 0.267 e. The zero-order valence-electron chi connectivity index (χ0n) is 10.0. The van der Waals surface area contributed by atoms with E-state index in [1.54, 1.807) is 18.2 Å². The molecule has 1 N–H and O–H groups in total. The van der Waals surface area contributed by atoms with Crippen LogP contribution in [-0.2, 0) is 11.3 Å². The maximum Gasteiger partial charge on any atom is 0.267 e. The molecule has 0 aliphatic rings. The third-order valence-corrected chi connectivity index (χ3v) is 4.98. The first-order valence-electron chi connectivity index (χ1n) is 5.59. The van der Waals surface area contributed by atoms with Crippen LogP contribution in [0.3, 0.4) is 0 Å². The van der Waals surface area contributed by atoms with E-state index in [1.807, 2.05) is 29.6 Å². The number of anilines is 2. The Morgan fingerprint density at radius 2 is 1.95 bits per heavy atom. The van der Waals surface area contributed by atoms with Gasteiger partial charge in [0.1, 0.15) is 10.7 Å². The fourth-order valence-corrected chi connectivity index (χ4v) is 3.95. The second-order valence-electron chi connectivity index (χ2n) is 3.79. The predicted octanol–water partition coefficient (Wildman–Crippen LogP) is 3.54. The van der Waals surface area contributed by atoms with Gasteiger partial charge >= 0.3 is 0 Å². The predicted molar refractivity (Wildman–Crippen MR) is 82.6 cm³/mol. The van der Waals surface area contributed by atoms with Crippen LogP contribution >= 0.6 is 22.9 Å². The fraction of sp³-hybridized carbons (Fsp3) is 0. The van der Waals surface area contributed by atoms with E-state index in [0.29, 0.717) is 10.7 Å². The van der Waals surface area contributed by atoms with Crippen LogP contribution < -0.4 is 4.31 Å². The van der Waals surface area contributed by atoms with Crippen LogP contribution in [0.5, 0.6) is 0 Å². The highest BCUT2D eigenvalue weighted by molar-refractivity contribution is 7.81. The van der Waals surface area contributed by atoms with Crippen molar-refractivity contribution < 1.29 is 8.76 Å². The third-order valence-electron chi connectivity index (χ3n) is 2.55. The summed E-state index contributed by atoms with van der Waals surface area (Å²) in [6, 6.07) is 12.8. The second kappa shape index (κ2) is 5.80. The zero-order chi connectivity index (χ0) is 13.9. The minimum atomic E-state index is -2.13. The van der Waals surface area contributed by atoms with Gasteiger partial charge in [0.2, 0.25) is 0 Å². The molecule has 1 unspecified atom stereocenters. The first-order chi connectivity index (χ1) is 9.75. The van der Waals surface area contributed by atoms with Gasteiger partial charge in [-0.05, 0) is 35.8 Å². The average Bonchev–Trinajstić information content (AvgIpc) is 3.10. The molecule has 8 heteroatoms. The Kier molecular flexibility index (Phi) is 3.88. The molecule has 0 fully saturated rings. The number of nitrogens with zero attached hydrogens (tertiary/aromatic N) is 3. The molecule has 3 rings (SSSR count). The van der Waals surface area contributed by atoms with Crippen molar-refractivity contribution in [3.8, 4) is 10.6 Å². The molecule has 20 heavy (non-hydrogen) atoms. The lowest BCUT2D eigenvalue weighted by Gasteiger charge is -2.17.